The van der Waals surface area contributed by atoms with Crippen molar-refractivity contribution in [1.82, 2.24) is 0 Å². The van der Waals surface area contributed by atoms with E-state index in [0.29, 0.717) is 5.92 Å². The second-order valence-corrected chi connectivity index (χ2v) is 11.7. The molecule has 0 aliphatic carbocycles. The van der Waals surface area contributed by atoms with Crippen LogP contribution in [0, 0.1) is 0 Å². The number of ether oxygens (including phenoxy) is 1. The maximum absolute atomic E-state index is 5.34. The van der Waals surface area contributed by atoms with Crippen LogP contribution in [0.4, 0.5) is 5.69 Å². The van der Waals surface area contributed by atoms with Crippen molar-refractivity contribution in [2.24, 2.45) is 0 Å². The van der Waals surface area contributed by atoms with Crippen molar-refractivity contribution in [3.8, 4) is 5.75 Å². The number of fused-ring (bicyclic) bond motifs is 1. The molecule has 2 rings (SSSR count). The Hall–Kier alpha value is -0.963. The maximum atomic E-state index is 5.34. The zero-order chi connectivity index (χ0) is 12.5. The lowest BCUT2D eigenvalue weighted by atomic mass is 9.92. The first-order valence-electron chi connectivity index (χ1n) is 6.41. The van der Waals surface area contributed by atoms with Gasteiger partial charge in [-0.3, -0.25) is 0 Å². The highest BCUT2D eigenvalue weighted by atomic mass is 28.3. The molecule has 0 saturated heterocycles. The summed E-state index contributed by atoms with van der Waals surface area (Å²) in [5.41, 5.74) is 2.76. The molecule has 94 valence electrons. The molecule has 0 fully saturated rings. The third-order valence-electron chi connectivity index (χ3n) is 3.37. The summed E-state index contributed by atoms with van der Waals surface area (Å²) < 4.78 is 5.34. The third-order valence-corrected chi connectivity index (χ3v) is 5.08. The van der Waals surface area contributed by atoms with Crippen molar-refractivity contribution in [1.29, 1.82) is 0 Å². The number of benzene rings is 1. The van der Waals surface area contributed by atoms with Crippen molar-refractivity contribution in [2.45, 2.75) is 38.0 Å². The van der Waals surface area contributed by atoms with E-state index < -0.39 is 8.07 Å². The first-order chi connectivity index (χ1) is 7.99. The summed E-state index contributed by atoms with van der Waals surface area (Å²) >= 11 is 0. The number of methoxy groups -OCH3 is 1. The van der Waals surface area contributed by atoms with E-state index in [0.717, 1.165) is 12.3 Å². The summed E-state index contributed by atoms with van der Waals surface area (Å²) in [6, 6.07) is 7.79. The average molecular weight is 249 g/mol. The van der Waals surface area contributed by atoms with Crippen molar-refractivity contribution in [3.63, 3.8) is 0 Å². The van der Waals surface area contributed by atoms with E-state index in [1.807, 2.05) is 6.07 Å². The van der Waals surface area contributed by atoms with E-state index in [-0.39, 0.29) is 0 Å². The molecule has 0 aromatic heterocycles. The van der Waals surface area contributed by atoms with Crippen LogP contribution in [0.3, 0.4) is 0 Å². The van der Waals surface area contributed by atoms with Crippen LogP contribution < -0.4 is 10.1 Å². The van der Waals surface area contributed by atoms with E-state index >= 15 is 0 Å². The zero-order valence-electron chi connectivity index (χ0n) is 11.3. The van der Waals surface area contributed by atoms with Gasteiger partial charge in [-0.15, -0.1) is 0 Å². The normalized spacial score (nSPS) is 19.4. The van der Waals surface area contributed by atoms with Gasteiger partial charge in [-0.2, -0.15) is 0 Å². The lowest BCUT2D eigenvalue weighted by Gasteiger charge is -2.31. The molecular formula is C14H23NOSi. The number of hydrogen-bond donors (Lipinski definition) is 1. The van der Waals surface area contributed by atoms with Gasteiger partial charge in [-0.05, 0) is 36.1 Å². The molecule has 1 aromatic carbocycles. The fourth-order valence-electron chi connectivity index (χ4n) is 2.65. The molecule has 1 N–H and O–H groups in total. The Balaban J connectivity index is 2.29. The summed E-state index contributed by atoms with van der Waals surface area (Å²) in [6.45, 7) is 8.47. The lowest BCUT2D eigenvalue weighted by Crippen LogP contribution is -2.26. The standard InChI is InChI=1S/C14H23NOSi/c1-16-12-5-6-14-13(9-12)11(7-8-15-14)10-17(2,3)4/h5-6,9,11,15H,7-8,10H2,1-4H3. The molecule has 0 bridgehead atoms. The van der Waals surface area contributed by atoms with Crippen molar-refractivity contribution in [2.75, 3.05) is 19.0 Å². The molecule has 0 saturated carbocycles. The fourth-order valence-corrected chi connectivity index (χ4v) is 4.56. The van der Waals surface area contributed by atoms with Gasteiger partial charge in [-0.1, -0.05) is 25.7 Å². The smallest absolute Gasteiger partial charge is 0.119 e. The van der Waals surface area contributed by atoms with Gasteiger partial charge in [-0.25, -0.2) is 0 Å². The predicted octanol–water partition coefficient (Wildman–Crippen LogP) is 3.93. The molecule has 0 amide bonds. The highest BCUT2D eigenvalue weighted by Gasteiger charge is 2.26. The molecule has 1 aliphatic heterocycles. The molecular weight excluding hydrogens is 226 g/mol. The molecule has 17 heavy (non-hydrogen) atoms. The van der Waals surface area contributed by atoms with E-state index in [9.17, 15) is 0 Å². The Morgan fingerprint density at radius 3 is 2.76 bits per heavy atom. The highest BCUT2D eigenvalue weighted by Crippen LogP contribution is 2.38. The van der Waals surface area contributed by atoms with Crippen LogP contribution in [-0.2, 0) is 0 Å². The van der Waals surface area contributed by atoms with E-state index in [4.69, 9.17) is 4.74 Å². The number of anilines is 1. The van der Waals surface area contributed by atoms with Crippen LogP contribution in [0.5, 0.6) is 5.75 Å². The maximum Gasteiger partial charge on any atom is 0.119 e. The zero-order valence-corrected chi connectivity index (χ0v) is 12.3. The first-order valence-corrected chi connectivity index (χ1v) is 10.1. The molecule has 0 radical (unpaired) electrons. The number of nitrogens with one attached hydrogen (secondary N) is 1. The highest BCUT2D eigenvalue weighted by molar-refractivity contribution is 6.76. The monoisotopic (exact) mass is 249 g/mol. The quantitative estimate of drug-likeness (QED) is 0.819. The lowest BCUT2D eigenvalue weighted by molar-refractivity contribution is 0.413. The van der Waals surface area contributed by atoms with Crippen LogP contribution in [-0.4, -0.2) is 21.7 Å². The van der Waals surface area contributed by atoms with Gasteiger partial charge < -0.3 is 10.1 Å². The summed E-state index contributed by atoms with van der Waals surface area (Å²) in [7, 11) is 0.732. The SMILES string of the molecule is COc1ccc2c(c1)C(C[Si](C)(C)C)CCN2. The predicted molar refractivity (Wildman–Crippen MR) is 77.0 cm³/mol. The minimum atomic E-state index is -1.01. The molecule has 1 unspecified atom stereocenters. The molecule has 3 heteroatoms. The van der Waals surface area contributed by atoms with Gasteiger partial charge in [0.2, 0.25) is 0 Å². The minimum Gasteiger partial charge on any atom is -0.497 e. The largest absolute Gasteiger partial charge is 0.497 e. The summed E-state index contributed by atoms with van der Waals surface area (Å²) in [4.78, 5) is 0. The Labute approximate surface area is 105 Å². The fraction of sp³-hybridized carbons (Fsp3) is 0.571. The van der Waals surface area contributed by atoms with Crippen LogP contribution in [0.1, 0.15) is 17.9 Å². The summed E-state index contributed by atoms with van der Waals surface area (Å²) in [6.07, 6.45) is 1.25. The van der Waals surface area contributed by atoms with Crippen molar-refractivity contribution >= 4 is 13.8 Å². The molecule has 1 atom stereocenters. The van der Waals surface area contributed by atoms with Crippen molar-refractivity contribution < 1.29 is 4.74 Å². The molecule has 1 aromatic rings. The topological polar surface area (TPSA) is 21.3 Å². The number of rotatable bonds is 3. The summed E-state index contributed by atoms with van der Waals surface area (Å²) in [5.74, 6) is 1.70. The summed E-state index contributed by atoms with van der Waals surface area (Å²) in [5, 5.41) is 3.49. The second kappa shape index (κ2) is 4.73. The number of hydrogen-bond acceptors (Lipinski definition) is 2. The van der Waals surface area contributed by atoms with Crippen LogP contribution in [0.15, 0.2) is 18.2 Å². The van der Waals surface area contributed by atoms with Gasteiger partial charge in [0.1, 0.15) is 5.75 Å². The first kappa shape index (κ1) is 12.5. The second-order valence-electron chi connectivity index (χ2n) is 6.13. The van der Waals surface area contributed by atoms with Crippen molar-refractivity contribution in [3.05, 3.63) is 23.8 Å². The minimum absolute atomic E-state index is 0.716. The molecule has 1 heterocycles. The Bertz CT molecular complexity index is 398. The van der Waals surface area contributed by atoms with Gasteiger partial charge in [0.25, 0.3) is 0 Å². The molecule has 2 nitrogen and oxygen atoms in total. The van der Waals surface area contributed by atoms with E-state index in [1.54, 1.807) is 7.11 Å². The Morgan fingerprint density at radius 1 is 1.35 bits per heavy atom. The van der Waals surface area contributed by atoms with Crippen LogP contribution in [0.25, 0.3) is 0 Å². The van der Waals surface area contributed by atoms with Crippen LogP contribution >= 0.6 is 0 Å². The van der Waals surface area contributed by atoms with E-state index in [1.165, 1.54) is 23.7 Å². The van der Waals surface area contributed by atoms with Crippen LogP contribution in [0.2, 0.25) is 25.7 Å². The molecule has 0 spiro atoms. The average Bonchev–Trinajstić information content (AvgIpc) is 2.27. The Morgan fingerprint density at radius 2 is 2.12 bits per heavy atom. The molecule has 1 aliphatic rings. The van der Waals surface area contributed by atoms with Gasteiger partial charge in [0, 0.05) is 20.3 Å². The van der Waals surface area contributed by atoms with Gasteiger partial charge >= 0.3 is 0 Å². The third kappa shape index (κ3) is 3.03. The van der Waals surface area contributed by atoms with Gasteiger partial charge in [0.15, 0.2) is 0 Å². The van der Waals surface area contributed by atoms with E-state index in [2.05, 4.69) is 37.1 Å². The Kier molecular flexibility index (Phi) is 3.47. The van der Waals surface area contributed by atoms with Gasteiger partial charge in [0.05, 0.1) is 7.11 Å².